The lowest BCUT2D eigenvalue weighted by Gasteiger charge is -2.14. The molecule has 1 aromatic rings. The standard InChI is InChI=1S/C10H15N5O3/c1-6-11-8(14-13-6)9(16)15-4-3-7(5-15)12-10(17)18-2/h7H,3-5H2,1-2H3,(H,12,17)(H,11,13,14). The number of aromatic nitrogens is 3. The van der Waals surface area contributed by atoms with Crippen molar-refractivity contribution >= 4 is 12.0 Å². The Hall–Kier alpha value is -2.12. The fourth-order valence-electron chi connectivity index (χ4n) is 1.87. The van der Waals surface area contributed by atoms with E-state index in [0.29, 0.717) is 25.3 Å². The third-order valence-corrected chi connectivity index (χ3v) is 2.77. The maximum absolute atomic E-state index is 12.0. The number of hydrogen-bond donors (Lipinski definition) is 2. The summed E-state index contributed by atoms with van der Waals surface area (Å²) in [6.45, 7) is 2.75. The number of alkyl carbamates (subject to hydrolysis) is 1. The predicted octanol–water partition coefficient (Wildman–Crippen LogP) is -0.316. The van der Waals surface area contributed by atoms with Gasteiger partial charge in [-0.25, -0.2) is 9.78 Å². The summed E-state index contributed by atoms with van der Waals surface area (Å²) in [6.07, 6.45) is 0.215. The molecule has 1 saturated heterocycles. The summed E-state index contributed by atoms with van der Waals surface area (Å²) in [5, 5.41) is 9.12. The van der Waals surface area contributed by atoms with Crippen molar-refractivity contribution in [2.24, 2.45) is 0 Å². The molecular formula is C10H15N5O3. The van der Waals surface area contributed by atoms with Crippen LogP contribution < -0.4 is 5.32 Å². The SMILES string of the molecule is COC(=O)NC1CCN(C(=O)c2n[nH]c(C)n2)C1. The van der Waals surface area contributed by atoms with Crippen molar-refractivity contribution in [1.82, 2.24) is 25.4 Å². The average Bonchev–Trinajstić information content (AvgIpc) is 2.97. The molecule has 1 aliphatic heterocycles. The summed E-state index contributed by atoms with van der Waals surface area (Å²) in [6, 6.07) is -0.0820. The molecule has 0 radical (unpaired) electrons. The number of hydrogen-bond acceptors (Lipinski definition) is 5. The second-order valence-corrected chi connectivity index (χ2v) is 4.12. The summed E-state index contributed by atoms with van der Waals surface area (Å²) in [5.74, 6) is 0.529. The number of rotatable bonds is 2. The minimum Gasteiger partial charge on any atom is -0.453 e. The van der Waals surface area contributed by atoms with E-state index in [9.17, 15) is 9.59 Å². The van der Waals surface area contributed by atoms with E-state index in [1.165, 1.54) is 7.11 Å². The van der Waals surface area contributed by atoms with Crippen LogP contribution in [-0.2, 0) is 4.74 Å². The summed E-state index contributed by atoms with van der Waals surface area (Å²) in [7, 11) is 1.31. The van der Waals surface area contributed by atoms with Gasteiger partial charge in [0.05, 0.1) is 13.2 Å². The van der Waals surface area contributed by atoms with Crippen LogP contribution in [-0.4, -0.2) is 58.3 Å². The third-order valence-electron chi connectivity index (χ3n) is 2.77. The Balaban J connectivity index is 1.92. The fourth-order valence-corrected chi connectivity index (χ4v) is 1.87. The molecule has 8 heteroatoms. The Morgan fingerprint density at radius 1 is 1.56 bits per heavy atom. The smallest absolute Gasteiger partial charge is 0.407 e. The van der Waals surface area contributed by atoms with Gasteiger partial charge in [-0.15, -0.1) is 5.10 Å². The maximum Gasteiger partial charge on any atom is 0.407 e. The van der Waals surface area contributed by atoms with Crippen LogP contribution in [0.15, 0.2) is 0 Å². The maximum atomic E-state index is 12.0. The lowest BCUT2D eigenvalue weighted by molar-refractivity contribution is 0.0776. The molecule has 0 saturated carbocycles. The number of nitrogens with one attached hydrogen (secondary N) is 2. The monoisotopic (exact) mass is 253 g/mol. The zero-order valence-electron chi connectivity index (χ0n) is 10.3. The molecule has 1 aliphatic rings. The number of ether oxygens (including phenoxy) is 1. The molecule has 0 aliphatic carbocycles. The van der Waals surface area contributed by atoms with Crippen LogP contribution in [0.3, 0.4) is 0 Å². The van der Waals surface area contributed by atoms with Gasteiger partial charge in [0, 0.05) is 13.1 Å². The van der Waals surface area contributed by atoms with Gasteiger partial charge in [-0.3, -0.25) is 9.89 Å². The Bertz CT molecular complexity index is 458. The van der Waals surface area contributed by atoms with E-state index in [0.717, 1.165) is 0 Å². The van der Waals surface area contributed by atoms with E-state index in [1.807, 2.05) is 0 Å². The van der Waals surface area contributed by atoms with Gasteiger partial charge in [0.2, 0.25) is 5.82 Å². The number of carbonyl (C=O) groups is 2. The minimum absolute atomic E-state index is 0.0820. The summed E-state index contributed by atoms with van der Waals surface area (Å²) in [4.78, 5) is 28.7. The van der Waals surface area contributed by atoms with Crippen molar-refractivity contribution in [3.05, 3.63) is 11.6 Å². The molecule has 8 nitrogen and oxygen atoms in total. The largest absolute Gasteiger partial charge is 0.453 e. The number of likely N-dealkylation sites (tertiary alicyclic amines) is 1. The molecule has 0 aromatic carbocycles. The zero-order valence-corrected chi connectivity index (χ0v) is 10.3. The Labute approximate surface area is 104 Å². The molecule has 1 aromatic heterocycles. The molecule has 18 heavy (non-hydrogen) atoms. The Morgan fingerprint density at radius 2 is 2.33 bits per heavy atom. The molecule has 98 valence electrons. The van der Waals surface area contributed by atoms with Crippen LogP contribution >= 0.6 is 0 Å². The quantitative estimate of drug-likeness (QED) is 0.752. The van der Waals surface area contributed by atoms with Gasteiger partial charge in [0.25, 0.3) is 5.91 Å². The van der Waals surface area contributed by atoms with Gasteiger partial charge in [-0.05, 0) is 13.3 Å². The normalized spacial score (nSPS) is 18.8. The van der Waals surface area contributed by atoms with E-state index in [2.05, 4.69) is 25.2 Å². The predicted molar refractivity (Wildman–Crippen MR) is 61.0 cm³/mol. The van der Waals surface area contributed by atoms with Crippen molar-refractivity contribution in [3.8, 4) is 0 Å². The topological polar surface area (TPSA) is 100 Å². The number of methoxy groups -OCH3 is 1. The van der Waals surface area contributed by atoms with E-state index >= 15 is 0 Å². The number of carbonyl (C=O) groups excluding carboxylic acids is 2. The first kappa shape index (κ1) is 12.3. The summed E-state index contributed by atoms with van der Waals surface area (Å²) >= 11 is 0. The molecule has 1 fully saturated rings. The Morgan fingerprint density at radius 3 is 2.94 bits per heavy atom. The highest BCUT2D eigenvalue weighted by Crippen LogP contribution is 2.11. The molecule has 2 heterocycles. The van der Waals surface area contributed by atoms with Crippen LogP contribution in [0, 0.1) is 6.92 Å². The minimum atomic E-state index is -0.483. The number of aryl methyl sites for hydroxylation is 1. The fraction of sp³-hybridized carbons (Fsp3) is 0.600. The van der Waals surface area contributed by atoms with Crippen LogP contribution in [0.25, 0.3) is 0 Å². The highest BCUT2D eigenvalue weighted by Gasteiger charge is 2.29. The number of amides is 2. The van der Waals surface area contributed by atoms with Crippen LogP contribution in [0.1, 0.15) is 22.9 Å². The van der Waals surface area contributed by atoms with Crippen molar-refractivity contribution in [2.75, 3.05) is 20.2 Å². The number of nitrogens with zero attached hydrogens (tertiary/aromatic N) is 3. The molecule has 2 amide bonds. The average molecular weight is 253 g/mol. The van der Waals surface area contributed by atoms with Gasteiger partial charge < -0.3 is 15.0 Å². The van der Waals surface area contributed by atoms with Gasteiger partial charge in [0.1, 0.15) is 5.82 Å². The molecular weight excluding hydrogens is 238 g/mol. The first-order chi connectivity index (χ1) is 8.60. The van der Waals surface area contributed by atoms with E-state index in [4.69, 9.17) is 0 Å². The molecule has 2 N–H and O–H groups in total. The first-order valence-electron chi connectivity index (χ1n) is 5.63. The highest BCUT2D eigenvalue weighted by molar-refractivity contribution is 5.90. The zero-order chi connectivity index (χ0) is 13.1. The molecule has 1 unspecified atom stereocenters. The van der Waals surface area contributed by atoms with Crippen molar-refractivity contribution in [3.63, 3.8) is 0 Å². The van der Waals surface area contributed by atoms with Gasteiger partial charge in [-0.1, -0.05) is 0 Å². The van der Waals surface area contributed by atoms with Crippen LogP contribution in [0.2, 0.25) is 0 Å². The Kier molecular flexibility index (Phi) is 3.45. The highest BCUT2D eigenvalue weighted by atomic mass is 16.5. The van der Waals surface area contributed by atoms with Crippen LogP contribution in [0.5, 0.6) is 0 Å². The first-order valence-corrected chi connectivity index (χ1v) is 5.63. The lowest BCUT2D eigenvalue weighted by Crippen LogP contribution is -2.38. The van der Waals surface area contributed by atoms with E-state index in [-0.39, 0.29) is 17.8 Å². The molecule has 1 atom stereocenters. The number of H-pyrrole nitrogens is 1. The number of aromatic amines is 1. The third kappa shape index (κ3) is 2.58. The molecule has 0 bridgehead atoms. The second kappa shape index (κ2) is 5.03. The molecule has 2 rings (SSSR count). The van der Waals surface area contributed by atoms with Crippen molar-refractivity contribution in [1.29, 1.82) is 0 Å². The van der Waals surface area contributed by atoms with Crippen molar-refractivity contribution < 1.29 is 14.3 Å². The second-order valence-electron chi connectivity index (χ2n) is 4.12. The molecule has 0 spiro atoms. The lowest BCUT2D eigenvalue weighted by atomic mass is 10.3. The van der Waals surface area contributed by atoms with E-state index < -0.39 is 6.09 Å². The van der Waals surface area contributed by atoms with Gasteiger partial charge in [0.15, 0.2) is 0 Å². The van der Waals surface area contributed by atoms with Gasteiger partial charge >= 0.3 is 6.09 Å². The van der Waals surface area contributed by atoms with E-state index in [1.54, 1.807) is 11.8 Å². The van der Waals surface area contributed by atoms with Crippen molar-refractivity contribution in [2.45, 2.75) is 19.4 Å². The summed E-state index contributed by atoms with van der Waals surface area (Å²) < 4.78 is 4.51. The summed E-state index contributed by atoms with van der Waals surface area (Å²) in [5.41, 5.74) is 0. The van der Waals surface area contributed by atoms with Gasteiger partial charge in [-0.2, -0.15) is 0 Å². The van der Waals surface area contributed by atoms with Crippen LogP contribution in [0.4, 0.5) is 4.79 Å².